The third kappa shape index (κ3) is 4.17. The van der Waals surface area contributed by atoms with E-state index in [1.54, 1.807) is 20.8 Å². The lowest BCUT2D eigenvalue weighted by Gasteiger charge is -2.07. The van der Waals surface area contributed by atoms with Crippen LogP contribution in [-0.2, 0) is 10.0 Å². The van der Waals surface area contributed by atoms with Gasteiger partial charge in [-0.3, -0.25) is 4.79 Å². The fourth-order valence-corrected chi connectivity index (χ4v) is 3.20. The molecule has 0 aliphatic rings. The quantitative estimate of drug-likeness (QED) is 0.781. The Morgan fingerprint density at radius 3 is 2.57 bits per heavy atom. The molecule has 0 radical (unpaired) electrons. The molecule has 1 heterocycles. The van der Waals surface area contributed by atoms with Gasteiger partial charge in [0.1, 0.15) is 16.4 Å². The van der Waals surface area contributed by atoms with Crippen LogP contribution in [0.2, 0.25) is 0 Å². The Hall–Kier alpha value is -2.19. The Balaban J connectivity index is 2.16. The van der Waals surface area contributed by atoms with Gasteiger partial charge in [-0.1, -0.05) is 0 Å². The van der Waals surface area contributed by atoms with Crippen LogP contribution in [0, 0.1) is 12.7 Å². The summed E-state index contributed by atoms with van der Waals surface area (Å²) in [5.41, 5.74) is 0.919. The molecule has 8 heteroatoms. The molecular formula is C15H18FN3O3S. The van der Waals surface area contributed by atoms with E-state index in [-0.39, 0.29) is 22.4 Å². The monoisotopic (exact) mass is 339 g/mol. The summed E-state index contributed by atoms with van der Waals surface area (Å²) in [5.74, 6) is -0.877. The lowest BCUT2D eigenvalue weighted by Crippen LogP contribution is -2.29. The van der Waals surface area contributed by atoms with Gasteiger partial charge in [-0.05, 0) is 50.6 Å². The van der Waals surface area contributed by atoms with Gasteiger partial charge in [-0.2, -0.15) is 0 Å². The lowest BCUT2D eigenvalue weighted by molar-refractivity contribution is 0.102. The summed E-state index contributed by atoms with van der Waals surface area (Å²) in [6, 6.07) is 5.17. The molecule has 124 valence electrons. The number of nitrogens with one attached hydrogen (secondary N) is 3. The second-order valence-electron chi connectivity index (χ2n) is 5.44. The molecule has 0 aliphatic heterocycles. The molecule has 23 heavy (non-hydrogen) atoms. The largest absolute Gasteiger partial charge is 0.356 e. The third-order valence-electron chi connectivity index (χ3n) is 3.02. The standard InChI is InChI=1S/C15H18FN3O3S/c1-9(2)19-23(21,22)12-7-14(17-8-12)15(20)18-11-4-5-13(16)10(3)6-11/h4-9,17,19H,1-3H3,(H,18,20). The van der Waals surface area contributed by atoms with E-state index in [9.17, 15) is 17.6 Å². The molecule has 0 saturated carbocycles. The Kier molecular flexibility index (Phi) is 4.86. The average molecular weight is 339 g/mol. The highest BCUT2D eigenvalue weighted by atomic mass is 32.2. The molecule has 0 fully saturated rings. The Labute approximate surface area is 134 Å². The molecule has 2 aromatic rings. The number of carbonyl (C=O) groups is 1. The normalized spacial score (nSPS) is 11.7. The van der Waals surface area contributed by atoms with Gasteiger partial charge < -0.3 is 10.3 Å². The Bertz CT molecular complexity index is 828. The number of amides is 1. The number of sulfonamides is 1. The summed E-state index contributed by atoms with van der Waals surface area (Å²) in [6.45, 7) is 4.99. The topological polar surface area (TPSA) is 91.1 Å². The molecule has 0 bridgehead atoms. The van der Waals surface area contributed by atoms with Gasteiger partial charge in [-0.25, -0.2) is 17.5 Å². The number of rotatable bonds is 5. The maximum absolute atomic E-state index is 13.2. The molecule has 2 rings (SSSR count). The van der Waals surface area contributed by atoms with E-state index in [2.05, 4.69) is 15.0 Å². The zero-order chi connectivity index (χ0) is 17.2. The molecule has 1 aromatic carbocycles. The fraction of sp³-hybridized carbons (Fsp3) is 0.267. The second-order valence-corrected chi connectivity index (χ2v) is 7.16. The molecular weight excluding hydrogens is 321 g/mol. The summed E-state index contributed by atoms with van der Waals surface area (Å²) in [6.07, 6.45) is 1.25. The SMILES string of the molecule is Cc1cc(NC(=O)c2cc(S(=O)(=O)NC(C)C)c[nH]2)ccc1F. The molecule has 0 unspecified atom stereocenters. The van der Waals surface area contributed by atoms with E-state index in [1.165, 1.54) is 30.5 Å². The Morgan fingerprint density at radius 1 is 1.26 bits per heavy atom. The molecule has 0 spiro atoms. The summed E-state index contributed by atoms with van der Waals surface area (Å²) >= 11 is 0. The smallest absolute Gasteiger partial charge is 0.272 e. The van der Waals surface area contributed by atoms with Crippen LogP contribution < -0.4 is 10.0 Å². The van der Waals surface area contributed by atoms with Crippen molar-refractivity contribution in [3.8, 4) is 0 Å². The second kappa shape index (κ2) is 6.51. The molecule has 0 aliphatic carbocycles. The van der Waals surface area contributed by atoms with Crippen molar-refractivity contribution in [2.75, 3.05) is 5.32 Å². The minimum absolute atomic E-state index is 0.0216. The predicted octanol–water partition coefficient (Wildman–Crippen LogP) is 2.40. The van der Waals surface area contributed by atoms with Crippen LogP contribution in [0.1, 0.15) is 29.9 Å². The predicted molar refractivity (Wildman–Crippen MR) is 85.3 cm³/mol. The number of aryl methyl sites for hydroxylation is 1. The maximum Gasteiger partial charge on any atom is 0.272 e. The van der Waals surface area contributed by atoms with E-state index in [1.807, 2.05) is 0 Å². The van der Waals surface area contributed by atoms with E-state index in [4.69, 9.17) is 0 Å². The van der Waals surface area contributed by atoms with Crippen LogP contribution in [0.25, 0.3) is 0 Å². The summed E-state index contributed by atoms with van der Waals surface area (Å²) in [7, 11) is -3.67. The minimum Gasteiger partial charge on any atom is -0.356 e. The first-order valence-electron chi connectivity index (χ1n) is 6.97. The van der Waals surface area contributed by atoms with Crippen molar-refractivity contribution in [1.29, 1.82) is 0 Å². The number of hydrogen-bond acceptors (Lipinski definition) is 3. The molecule has 0 atom stereocenters. The highest BCUT2D eigenvalue weighted by Crippen LogP contribution is 2.16. The molecule has 0 saturated heterocycles. The van der Waals surface area contributed by atoms with Crippen molar-refractivity contribution in [2.45, 2.75) is 31.7 Å². The third-order valence-corrected chi connectivity index (χ3v) is 4.66. The van der Waals surface area contributed by atoms with Gasteiger partial charge in [0, 0.05) is 17.9 Å². The number of hydrogen-bond donors (Lipinski definition) is 3. The number of aromatic nitrogens is 1. The summed E-state index contributed by atoms with van der Waals surface area (Å²) in [4.78, 5) is 14.7. The van der Waals surface area contributed by atoms with Gasteiger partial charge in [0.05, 0.1) is 0 Å². The fourth-order valence-electron chi connectivity index (χ4n) is 1.96. The zero-order valence-corrected chi connectivity index (χ0v) is 13.8. The van der Waals surface area contributed by atoms with Crippen LogP contribution in [0.5, 0.6) is 0 Å². The number of aromatic amines is 1. The van der Waals surface area contributed by atoms with Crippen molar-refractivity contribution in [3.63, 3.8) is 0 Å². The summed E-state index contributed by atoms with van der Waals surface area (Å²) in [5, 5.41) is 2.58. The molecule has 1 aromatic heterocycles. The first-order valence-corrected chi connectivity index (χ1v) is 8.45. The zero-order valence-electron chi connectivity index (χ0n) is 13.0. The molecule has 1 amide bonds. The highest BCUT2D eigenvalue weighted by molar-refractivity contribution is 7.89. The van der Waals surface area contributed by atoms with Crippen molar-refractivity contribution in [1.82, 2.24) is 9.71 Å². The van der Waals surface area contributed by atoms with Gasteiger partial charge in [0.25, 0.3) is 5.91 Å². The number of benzene rings is 1. The van der Waals surface area contributed by atoms with Crippen molar-refractivity contribution in [2.24, 2.45) is 0 Å². The van der Waals surface area contributed by atoms with Crippen LogP contribution in [0.3, 0.4) is 0 Å². The first-order chi connectivity index (χ1) is 10.7. The minimum atomic E-state index is -3.67. The lowest BCUT2D eigenvalue weighted by atomic mass is 10.2. The maximum atomic E-state index is 13.2. The molecule has 6 nitrogen and oxygen atoms in total. The number of halogens is 1. The molecule has 3 N–H and O–H groups in total. The first kappa shape index (κ1) is 17.2. The van der Waals surface area contributed by atoms with E-state index in [0.29, 0.717) is 11.3 Å². The van der Waals surface area contributed by atoms with Crippen LogP contribution in [0.15, 0.2) is 35.4 Å². The number of H-pyrrole nitrogens is 1. The van der Waals surface area contributed by atoms with Crippen LogP contribution in [-0.4, -0.2) is 25.4 Å². The summed E-state index contributed by atoms with van der Waals surface area (Å²) < 4.78 is 39.7. The number of carbonyl (C=O) groups excluding carboxylic acids is 1. The highest BCUT2D eigenvalue weighted by Gasteiger charge is 2.19. The number of anilines is 1. The van der Waals surface area contributed by atoms with Gasteiger partial charge in [0.15, 0.2) is 0 Å². The van der Waals surface area contributed by atoms with Crippen LogP contribution in [0.4, 0.5) is 10.1 Å². The van der Waals surface area contributed by atoms with Crippen molar-refractivity contribution in [3.05, 3.63) is 47.5 Å². The van der Waals surface area contributed by atoms with Gasteiger partial charge in [0.2, 0.25) is 10.0 Å². The van der Waals surface area contributed by atoms with Crippen molar-refractivity contribution < 1.29 is 17.6 Å². The average Bonchev–Trinajstić information content (AvgIpc) is 2.92. The van der Waals surface area contributed by atoms with Gasteiger partial charge >= 0.3 is 0 Å². The van der Waals surface area contributed by atoms with E-state index >= 15 is 0 Å². The van der Waals surface area contributed by atoms with E-state index < -0.39 is 15.9 Å². The Morgan fingerprint density at radius 2 is 1.96 bits per heavy atom. The van der Waals surface area contributed by atoms with Gasteiger partial charge in [-0.15, -0.1) is 0 Å². The van der Waals surface area contributed by atoms with E-state index in [0.717, 1.165) is 0 Å². The van der Waals surface area contributed by atoms with Crippen LogP contribution >= 0.6 is 0 Å². The van der Waals surface area contributed by atoms with Crippen molar-refractivity contribution >= 4 is 21.6 Å².